The highest BCUT2D eigenvalue weighted by Gasteiger charge is 2.03. The third-order valence-corrected chi connectivity index (χ3v) is 3.36. The van der Waals surface area contributed by atoms with Crippen LogP contribution in [-0.4, -0.2) is 37.1 Å². The van der Waals surface area contributed by atoms with Gasteiger partial charge in [-0.3, -0.25) is 0 Å². The van der Waals surface area contributed by atoms with Crippen molar-refractivity contribution >= 4 is 0 Å². The van der Waals surface area contributed by atoms with E-state index in [1.165, 1.54) is 71.1 Å². The van der Waals surface area contributed by atoms with Crippen molar-refractivity contribution in [2.45, 2.75) is 78.7 Å². The molecule has 0 aliphatic heterocycles. The second-order valence-corrected chi connectivity index (χ2v) is 5.72. The second-order valence-electron chi connectivity index (χ2n) is 5.72. The Morgan fingerprint density at radius 2 is 1.33 bits per heavy atom. The van der Waals surface area contributed by atoms with Crippen molar-refractivity contribution in [1.29, 1.82) is 0 Å². The number of unbranched alkanes of at least 4 members (excludes halogenated alkanes) is 4. The van der Waals surface area contributed by atoms with Gasteiger partial charge in [0.1, 0.15) is 0 Å². The predicted octanol–water partition coefficient (Wildman–Crippen LogP) is 4.06. The maximum Gasteiger partial charge on any atom is 0.00103 e. The minimum absolute atomic E-state index is 0.635. The van der Waals surface area contributed by atoms with Crippen LogP contribution in [0.3, 0.4) is 0 Å². The Bertz CT molecular complexity index is 149. The molecule has 2 heteroatoms. The van der Waals surface area contributed by atoms with E-state index in [-0.39, 0.29) is 0 Å². The Hall–Kier alpha value is -0.0800. The lowest BCUT2D eigenvalue weighted by molar-refractivity contribution is 0.259. The van der Waals surface area contributed by atoms with Crippen molar-refractivity contribution in [3.8, 4) is 0 Å². The number of nitrogens with zero attached hydrogens (tertiary/aromatic N) is 1. The molecule has 0 aromatic heterocycles. The molecule has 0 aromatic carbocycles. The average Bonchev–Trinajstić information content (AvgIpc) is 2.35. The first-order chi connectivity index (χ1) is 8.70. The van der Waals surface area contributed by atoms with E-state index in [2.05, 4.69) is 37.9 Å². The Kier molecular flexibility index (Phi) is 13.3. The zero-order chi connectivity index (χ0) is 13.6. The van der Waals surface area contributed by atoms with Gasteiger partial charge in [-0.25, -0.2) is 0 Å². The van der Waals surface area contributed by atoms with Crippen LogP contribution in [0.25, 0.3) is 0 Å². The first-order valence-electron chi connectivity index (χ1n) is 8.16. The Morgan fingerprint density at radius 1 is 0.778 bits per heavy atom. The number of nitrogens with one attached hydrogen (secondary N) is 1. The molecule has 0 aromatic rings. The number of hydrogen-bond acceptors (Lipinski definition) is 2. The first-order valence-corrected chi connectivity index (χ1v) is 8.16. The molecule has 0 saturated heterocycles. The molecule has 0 radical (unpaired) electrons. The summed E-state index contributed by atoms with van der Waals surface area (Å²) in [7, 11) is 0. The van der Waals surface area contributed by atoms with Gasteiger partial charge in [0.05, 0.1) is 0 Å². The van der Waals surface area contributed by atoms with E-state index in [4.69, 9.17) is 0 Å². The summed E-state index contributed by atoms with van der Waals surface area (Å²) in [6.07, 6.45) is 9.42. The van der Waals surface area contributed by atoms with Crippen LogP contribution in [0.2, 0.25) is 0 Å². The van der Waals surface area contributed by atoms with Crippen molar-refractivity contribution < 1.29 is 0 Å². The van der Waals surface area contributed by atoms with Crippen molar-refractivity contribution in [2.24, 2.45) is 0 Å². The quantitative estimate of drug-likeness (QED) is 0.500. The number of rotatable bonds is 13. The molecule has 1 N–H and O–H groups in total. The van der Waals surface area contributed by atoms with Gasteiger partial charge in [0.25, 0.3) is 0 Å². The average molecular weight is 256 g/mol. The van der Waals surface area contributed by atoms with Crippen LogP contribution in [0.1, 0.15) is 72.6 Å². The summed E-state index contributed by atoms with van der Waals surface area (Å²) in [5.74, 6) is 0. The molecule has 0 amide bonds. The number of hydrogen-bond donors (Lipinski definition) is 1. The van der Waals surface area contributed by atoms with Crippen LogP contribution >= 0.6 is 0 Å². The molecule has 18 heavy (non-hydrogen) atoms. The van der Waals surface area contributed by atoms with Crippen LogP contribution in [-0.2, 0) is 0 Å². The fourth-order valence-corrected chi connectivity index (χ4v) is 2.13. The summed E-state index contributed by atoms with van der Waals surface area (Å²) in [5, 5.41) is 3.49. The normalized spacial score (nSPS) is 11.7. The monoisotopic (exact) mass is 256 g/mol. The molecule has 0 unspecified atom stereocenters. The molecule has 0 bridgehead atoms. The molecular formula is C16H36N2. The van der Waals surface area contributed by atoms with Gasteiger partial charge >= 0.3 is 0 Å². The van der Waals surface area contributed by atoms with Crippen molar-refractivity contribution in [1.82, 2.24) is 10.2 Å². The standard InChI is InChI=1S/C16H36N2/c1-5-7-13-18(14-8-6-2)15-11-9-10-12-17-16(3)4/h16-17H,5-15H2,1-4H3. The molecule has 0 aliphatic rings. The van der Waals surface area contributed by atoms with Gasteiger partial charge in [0, 0.05) is 6.04 Å². The summed E-state index contributed by atoms with van der Waals surface area (Å²) in [4.78, 5) is 2.67. The zero-order valence-corrected chi connectivity index (χ0v) is 13.3. The first kappa shape index (κ1) is 17.9. The summed E-state index contributed by atoms with van der Waals surface area (Å²) in [6, 6.07) is 0.635. The maximum absolute atomic E-state index is 3.49. The smallest absolute Gasteiger partial charge is 0.00103 e. The molecule has 110 valence electrons. The molecule has 2 nitrogen and oxygen atoms in total. The fraction of sp³-hybridized carbons (Fsp3) is 1.00. The molecule has 0 aliphatic carbocycles. The van der Waals surface area contributed by atoms with E-state index in [0.717, 1.165) is 0 Å². The van der Waals surface area contributed by atoms with Crippen LogP contribution in [0.4, 0.5) is 0 Å². The lowest BCUT2D eigenvalue weighted by Gasteiger charge is -2.21. The van der Waals surface area contributed by atoms with E-state index in [1.807, 2.05) is 0 Å². The lowest BCUT2D eigenvalue weighted by Crippen LogP contribution is -2.27. The third-order valence-electron chi connectivity index (χ3n) is 3.36. The molecule has 0 atom stereocenters. The largest absolute Gasteiger partial charge is 0.315 e. The maximum atomic E-state index is 3.49. The lowest BCUT2D eigenvalue weighted by atomic mass is 10.2. The Labute approximate surface area is 116 Å². The highest BCUT2D eigenvalue weighted by molar-refractivity contribution is 4.59. The van der Waals surface area contributed by atoms with Crippen LogP contribution in [0, 0.1) is 0 Å². The summed E-state index contributed by atoms with van der Waals surface area (Å²) < 4.78 is 0. The van der Waals surface area contributed by atoms with Crippen LogP contribution < -0.4 is 5.32 Å². The van der Waals surface area contributed by atoms with Crippen molar-refractivity contribution in [3.63, 3.8) is 0 Å². The minimum Gasteiger partial charge on any atom is -0.315 e. The van der Waals surface area contributed by atoms with Crippen LogP contribution in [0.15, 0.2) is 0 Å². The van der Waals surface area contributed by atoms with Crippen molar-refractivity contribution in [3.05, 3.63) is 0 Å². The van der Waals surface area contributed by atoms with Crippen LogP contribution in [0.5, 0.6) is 0 Å². The van der Waals surface area contributed by atoms with Gasteiger partial charge in [0.2, 0.25) is 0 Å². The van der Waals surface area contributed by atoms with E-state index >= 15 is 0 Å². The van der Waals surface area contributed by atoms with Crippen molar-refractivity contribution in [2.75, 3.05) is 26.2 Å². The van der Waals surface area contributed by atoms with E-state index in [1.54, 1.807) is 0 Å². The Morgan fingerprint density at radius 3 is 1.83 bits per heavy atom. The molecular weight excluding hydrogens is 220 g/mol. The second kappa shape index (κ2) is 13.4. The van der Waals surface area contributed by atoms with E-state index in [9.17, 15) is 0 Å². The minimum atomic E-state index is 0.635. The topological polar surface area (TPSA) is 15.3 Å². The molecule has 0 fully saturated rings. The Balaban J connectivity index is 3.49. The molecule has 0 heterocycles. The van der Waals surface area contributed by atoms with E-state index in [0.29, 0.717) is 6.04 Å². The summed E-state index contributed by atoms with van der Waals surface area (Å²) in [6.45, 7) is 14.1. The summed E-state index contributed by atoms with van der Waals surface area (Å²) >= 11 is 0. The van der Waals surface area contributed by atoms with Gasteiger partial charge in [0.15, 0.2) is 0 Å². The molecule has 0 rings (SSSR count). The van der Waals surface area contributed by atoms with Gasteiger partial charge in [-0.05, 0) is 51.9 Å². The SMILES string of the molecule is CCCCN(CCCC)CCCCCNC(C)C. The highest BCUT2D eigenvalue weighted by atomic mass is 15.1. The van der Waals surface area contributed by atoms with Gasteiger partial charge < -0.3 is 10.2 Å². The highest BCUT2D eigenvalue weighted by Crippen LogP contribution is 2.03. The zero-order valence-electron chi connectivity index (χ0n) is 13.3. The molecule has 0 spiro atoms. The third kappa shape index (κ3) is 12.4. The summed E-state index contributed by atoms with van der Waals surface area (Å²) in [5.41, 5.74) is 0. The van der Waals surface area contributed by atoms with E-state index < -0.39 is 0 Å². The van der Waals surface area contributed by atoms with Gasteiger partial charge in [-0.1, -0.05) is 47.0 Å². The predicted molar refractivity (Wildman–Crippen MR) is 83.2 cm³/mol. The van der Waals surface area contributed by atoms with Gasteiger partial charge in [-0.15, -0.1) is 0 Å². The van der Waals surface area contributed by atoms with Gasteiger partial charge in [-0.2, -0.15) is 0 Å². The molecule has 0 saturated carbocycles. The fourth-order valence-electron chi connectivity index (χ4n) is 2.13.